The molecule has 1 unspecified atom stereocenters. The van der Waals surface area contributed by atoms with Crippen molar-refractivity contribution in [3.05, 3.63) is 94.4 Å². The van der Waals surface area contributed by atoms with Crippen LogP contribution in [0.5, 0.6) is 0 Å². The number of H-pyrrole nitrogens is 1. The van der Waals surface area contributed by atoms with Crippen LogP contribution < -0.4 is 0 Å². The molecule has 3 heterocycles. The van der Waals surface area contributed by atoms with E-state index in [0.29, 0.717) is 0 Å². The largest absolute Gasteiger partial charge is 0.364 e. The number of thiophene rings is 2. The number of benzene rings is 1. The van der Waals surface area contributed by atoms with Crippen LogP contribution in [-0.2, 0) is 0 Å². The van der Waals surface area contributed by atoms with Gasteiger partial charge in [-0.15, -0.1) is 22.7 Å². The molecule has 0 amide bonds. The van der Waals surface area contributed by atoms with Crippen LogP contribution in [0.25, 0.3) is 9.75 Å². The fourth-order valence-corrected chi connectivity index (χ4v) is 4.68. The van der Waals surface area contributed by atoms with Gasteiger partial charge in [0.25, 0.3) is 0 Å². The van der Waals surface area contributed by atoms with Gasteiger partial charge >= 0.3 is 0 Å². The lowest BCUT2D eigenvalue weighted by atomic mass is 9.88. The molecular formula is C19H15NS2. The molecule has 1 aromatic carbocycles. The SMILES string of the molecule is c1ccc(C(c2ccc[nH]2)c2ccsc2-c2cccs2)cc1. The zero-order chi connectivity index (χ0) is 14.8. The van der Waals surface area contributed by atoms with Gasteiger partial charge in [-0.2, -0.15) is 0 Å². The van der Waals surface area contributed by atoms with E-state index in [2.05, 4.69) is 76.4 Å². The smallest absolute Gasteiger partial charge is 0.0505 e. The summed E-state index contributed by atoms with van der Waals surface area (Å²) in [5, 5.41) is 4.34. The van der Waals surface area contributed by atoms with E-state index in [-0.39, 0.29) is 5.92 Å². The van der Waals surface area contributed by atoms with Crippen molar-refractivity contribution in [3.63, 3.8) is 0 Å². The van der Waals surface area contributed by atoms with Crippen LogP contribution in [0.15, 0.2) is 77.6 Å². The second-order valence-corrected chi connectivity index (χ2v) is 7.02. The van der Waals surface area contributed by atoms with Gasteiger partial charge in [-0.05, 0) is 46.2 Å². The highest BCUT2D eigenvalue weighted by atomic mass is 32.1. The quantitative estimate of drug-likeness (QED) is 0.475. The maximum absolute atomic E-state index is 3.40. The van der Waals surface area contributed by atoms with Gasteiger partial charge in [0.05, 0.1) is 5.92 Å². The number of hydrogen-bond donors (Lipinski definition) is 1. The molecule has 0 aliphatic carbocycles. The molecule has 3 aromatic heterocycles. The molecule has 3 heteroatoms. The minimum absolute atomic E-state index is 0.250. The molecule has 22 heavy (non-hydrogen) atoms. The predicted molar refractivity (Wildman–Crippen MR) is 95.8 cm³/mol. The molecule has 0 fully saturated rings. The Balaban J connectivity index is 1.88. The Bertz CT molecular complexity index is 827. The van der Waals surface area contributed by atoms with Crippen LogP contribution in [-0.4, -0.2) is 4.98 Å². The minimum atomic E-state index is 0.250. The van der Waals surface area contributed by atoms with Crippen molar-refractivity contribution in [2.24, 2.45) is 0 Å². The third-order valence-corrected chi connectivity index (χ3v) is 5.80. The first kappa shape index (κ1) is 13.6. The molecule has 1 nitrogen and oxygen atoms in total. The average Bonchev–Trinajstić information content (AvgIpc) is 3.31. The number of hydrogen-bond acceptors (Lipinski definition) is 2. The molecule has 0 bridgehead atoms. The lowest BCUT2D eigenvalue weighted by Crippen LogP contribution is -2.03. The molecule has 1 N–H and O–H groups in total. The van der Waals surface area contributed by atoms with E-state index < -0.39 is 0 Å². The second kappa shape index (κ2) is 5.95. The van der Waals surface area contributed by atoms with E-state index in [4.69, 9.17) is 0 Å². The Labute approximate surface area is 137 Å². The van der Waals surface area contributed by atoms with Crippen molar-refractivity contribution in [2.45, 2.75) is 5.92 Å². The van der Waals surface area contributed by atoms with Crippen molar-refractivity contribution in [2.75, 3.05) is 0 Å². The monoisotopic (exact) mass is 321 g/mol. The summed E-state index contributed by atoms with van der Waals surface area (Å²) in [6.45, 7) is 0. The van der Waals surface area contributed by atoms with Crippen molar-refractivity contribution in [1.29, 1.82) is 0 Å². The number of nitrogens with one attached hydrogen (secondary N) is 1. The van der Waals surface area contributed by atoms with Crippen LogP contribution in [0.3, 0.4) is 0 Å². The van der Waals surface area contributed by atoms with Crippen molar-refractivity contribution >= 4 is 22.7 Å². The van der Waals surface area contributed by atoms with E-state index in [1.807, 2.05) is 17.5 Å². The lowest BCUT2D eigenvalue weighted by molar-refractivity contribution is 0.941. The third-order valence-electron chi connectivity index (χ3n) is 3.82. The van der Waals surface area contributed by atoms with Crippen LogP contribution in [0.4, 0.5) is 0 Å². The van der Waals surface area contributed by atoms with E-state index in [1.54, 1.807) is 11.3 Å². The van der Waals surface area contributed by atoms with Crippen LogP contribution in [0.2, 0.25) is 0 Å². The van der Waals surface area contributed by atoms with Gasteiger partial charge in [0.2, 0.25) is 0 Å². The average molecular weight is 321 g/mol. The maximum atomic E-state index is 3.40. The molecule has 0 saturated heterocycles. The number of rotatable bonds is 4. The molecule has 4 rings (SSSR count). The fourth-order valence-electron chi connectivity index (χ4n) is 2.85. The van der Waals surface area contributed by atoms with Gasteiger partial charge in [-0.25, -0.2) is 0 Å². The maximum Gasteiger partial charge on any atom is 0.0505 e. The normalized spacial score (nSPS) is 12.4. The molecule has 0 saturated carbocycles. The zero-order valence-corrected chi connectivity index (χ0v) is 13.5. The van der Waals surface area contributed by atoms with Gasteiger partial charge < -0.3 is 4.98 Å². The predicted octanol–water partition coefficient (Wildman–Crippen LogP) is 5.98. The molecule has 0 aliphatic heterocycles. The van der Waals surface area contributed by atoms with Gasteiger partial charge in [0.15, 0.2) is 0 Å². The zero-order valence-electron chi connectivity index (χ0n) is 11.9. The van der Waals surface area contributed by atoms with E-state index in [9.17, 15) is 0 Å². The Morgan fingerprint density at radius 3 is 2.41 bits per heavy atom. The van der Waals surface area contributed by atoms with Gasteiger partial charge in [-0.1, -0.05) is 36.4 Å². The first-order chi connectivity index (χ1) is 10.9. The minimum Gasteiger partial charge on any atom is -0.364 e. The highest BCUT2D eigenvalue weighted by Gasteiger charge is 2.22. The first-order valence-corrected chi connectivity index (χ1v) is 8.99. The highest BCUT2D eigenvalue weighted by Crippen LogP contribution is 2.41. The van der Waals surface area contributed by atoms with E-state index in [1.165, 1.54) is 26.6 Å². The molecular weight excluding hydrogens is 306 g/mol. The van der Waals surface area contributed by atoms with Crippen LogP contribution >= 0.6 is 22.7 Å². The van der Waals surface area contributed by atoms with Crippen molar-refractivity contribution in [1.82, 2.24) is 4.98 Å². The summed E-state index contributed by atoms with van der Waals surface area (Å²) in [7, 11) is 0. The van der Waals surface area contributed by atoms with Gasteiger partial charge in [-0.3, -0.25) is 0 Å². The molecule has 4 aromatic rings. The van der Waals surface area contributed by atoms with Gasteiger partial charge in [0, 0.05) is 21.6 Å². The van der Waals surface area contributed by atoms with Crippen LogP contribution in [0.1, 0.15) is 22.7 Å². The van der Waals surface area contributed by atoms with Gasteiger partial charge in [0.1, 0.15) is 0 Å². The summed E-state index contributed by atoms with van der Waals surface area (Å²) >= 11 is 3.63. The molecule has 0 spiro atoms. The summed E-state index contributed by atoms with van der Waals surface area (Å²) in [6, 6.07) is 21.6. The fraction of sp³-hybridized carbons (Fsp3) is 0.0526. The highest BCUT2D eigenvalue weighted by molar-refractivity contribution is 7.20. The summed E-state index contributed by atoms with van der Waals surface area (Å²) in [5.74, 6) is 0.250. The van der Waals surface area contributed by atoms with Crippen molar-refractivity contribution < 1.29 is 0 Å². The summed E-state index contributed by atoms with van der Waals surface area (Å²) < 4.78 is 0. The topological polar surface area (TPSA) is 15.8 Å². The Morgan fingerprint density at radius 2 is 1.68 bits per heavy atom. The number of aromatic amines is 1. The Morgan fingerprint density at radius 1 is 0.773 bits per heavy atom. The first-order valence-electron chi connectivity index (χ1n) is 7.23. The molecule has 0 aliphatic rings. The summed E-state index contributed by atoms with van der Waals surface area (Å²) in [4.78, 5) is 6.12. The summed E-state index contributed by atoms with van der Waals surface area (Å²) in [5.41, 5.74) is 3.93. The van der Waals surface area contributed by atoms with E-state index in [0.717, 1.165) is 0 Å². The molecule has 1 atom stereocenters. The lowest BCUT2D eigenvalue weighted by Gasteiger charge is -2.17. The van der Waals surface area contributed by atoms with Crippen LogP contribution in [0, 0.1) is 0 Å². The molecule has 108 valence electrons. The second-order valence-electron chi connectivity index (χ2n) is 5.15. The molecule has 0 radical (unpaired) electrons. The number of aromatic nitrogens is 1. The third kappa shape index (κ3) is 2.43. The van der Waals surface area contributed by atoms with E-state index >= 15 is 0 Å². The standard InChI is InChI=1S/C19H15NS2/c1-2-6-14(7-3-1)18(16-8-4-11-20-16)15-10-13-22-19(15)17-9-5-12-21-17/h1-13,18,20H. The van der Waals surface area contributed by atoms with Crippen molar-refractivity contribution in [3.8, 4) is 9.75 Å². The Kier molecular flexibility index (Phi) is 3.67. The summed E-state index contributed by atoms with van der Waals surface area (Å²) in [6.07, 6.45) is 2.00. The Hall–Kier alpha value is -2.10.